The van der Waals surface area contributed by atoms with Crippen molar-refractivity contribution in [3.8, 4) is 11.5 Å². The molecule has 3 aromatic rings. The van der Waals surface area contributed by atoms with Gasteiger partial charge in [-0.1, -0.05) is 6.58 Å². The number of hydrogen-bond donors (Lipinski definition) is 3. The first-order valence-corrected chi connectivity index (χ1v) is 10.7. The van der Waals surface area contributed by atoms with E-state index in [9.17, 15) is 18.7 Å². The third kappa shape index (κ3) is 4.64. The van der Waals surface area contributed by atoms with Crippen LogP contribution in [-0.2, 0) is 9.53 Å². The number of hydrogen-bond acceptors (Lipinski definition) is 8. The number of aliphatic hydroxyl groups is 1. The van der Waals surface area contributed by atoms with Crippen molar-refractivity contribution in [2.75, 3.05) is 32.8 Å². The number of carbonyl (C=O) groups is 1. The molecule has 1 aliphatic heterocycles. The molecule has 35 heavy (non-hydrogen) atoms. The van der Waals surface area contributed by atoms with Crippen molar-refractivity contribution >= 4 is 22.7 Å². The summed E-state index contributed by atoms with van der Waals surface area (Å²) in [4.78, 5) is 15.9. The van der Waals surface area contributed by atoms with Gasteiger partial charge in [-0.05, 0) is 18.6 Å². The number of benzene rings is 1. The Morgan fingerprint density at radius 3 is 2.57 bits per heavy atom. The number of amides is 1. The first kappa shape index (κ1) is 24.4. The number of aliphatic hydroxyl groups excluding tert-OH is 1. The molecule has 3 heterocycles. The minimum Gasteiger partial charge on any atom is -0.494 e. The van der Waals surface area contributed by atoms with Gasteiger partial charge in [0, 0.05) is 29.6 Å². The number of nitrogens with one attached hydrogen (secondary N) is 1. The van der Waals surface area contributed by atoms with E-state index in [2.05, 4.69) is 16.9 Å². The quantitative estimate of drug-likeness (QED) is 0.412. The van der Waals surface area contributed by atoms with Crippen molar-refractivity contribution in [1.82, 2.24) is 4.98 Å². The minimum absolute atomic E-state index is 0.104. The normalized spacial score (nSPS) is 18.8. The van der Waals surface area contributed by atoms with Gasteiger partial charge in [0.25, 0.3) is 0 Å². The molecule has 186 valence electrons. The number of ether oxygens (including phenoxy) is 3. The van der Waals surface area contributed by atoms with Gasteiger partial charge in [0.15, 0.2) is 28.7 Å². The number of fused-ring (bicyclic) bond motifs is 1. The Bertz CT molecular complexity index is 1250. The van der Waals surface area contributed by atoms with Gasteiger partial charge in [0.05, 0.1) is 38.6 Å². The van der Waals surface area contributed by atoms with Gasteiger partial charge >= 0.3 is 0 Å². The fourth-order valence-corrected chi connectivity index (χ4v) is 4.14. The minimum atomic E-state index is -1.78. The number of carbonyl (C=O) groups excluding carboxylic acids is 1. The van der Waals surface area contributed by atoms with Crippen molar-refractivity contribution in [2.45, 2.75) is 18.6 Å². The number of anilines is 1. The summed E-state index contributed by atoms with van der Waals surface area (Å²) in [6.07, 6.45) is 0.206. The smallest absolute Gasteiger partial charge is 0.244 e. The Morgan fingerprint density at radius 1 is 1.26 bits per heavy atom. The highest BCUT2D eigenvalue weighted by molar-refractivity contribution is 5.92. The van der Waals surface area contributed by atoms with Gasteiger partial charge in [-0.15, -0.1) is 0 Å². The Hall–Kier alpha value is -3.70. The first-order valence-electron chi connectivity index (χ1n) is 10.7. The molecule has 1 saturated heterocycles. The lowest BCUT2D eigenvalue weighted by atomic mass is 9.87. The molecule has 4 rings (SSSR count). The summed E-state index contributed by atoms with van der Waals surface area (Å²) in [7, 11) is 2.43. The number of pyridine rings is 1. The molecule has 1 amide bonds. The third-order valence-corrected chi connectivity index (χ3v) is 6.03. The summed E-state index contributed by atoms with van der Waals surface area (Å²) in [5, 5.41) is 14.5. The van der Waals surface area contributed by atoms with E-state index < -0.39 is 29.2 Å². The zero-order valence-electron chi connectivity index (χ0n) is 19.1. The summed E-state index contributed by atoms with van der Waals surface area (Å²) >= 11 is 0. The summed E-state index contributed by atoms with van der Waals surface area (Å²) in [6.45, 7) is 4.60. The molecule has 9 nitrogen and oxygen atoms in total. The number of aromatic nitrogens is 1. The van der Waals surface area contributed by atoms with Gasteiger partial charge < -0.3 is 34.8 Å². The number of primary amides is 1. The lowest BCUT2D eigenvalue weighted by molar-refractivity contribution is -0.115. The number of nitrogens with two attached hydrogens (primary N) is 1. The number of rotatable bonds is 8. The molecule has 0 bridgehead atoms. The number of halogens is 2. The monoisotopic (exact) mass is 489 g/mol. The van der Waals surface area contributed by atoms with Gasteiger partial charge in [-0.25, -0.2) is 13.8 Å². The van der Waals surface area contributed by atoms with Crippen LogP contribution in [0.4, 0.5) is 14.6 Å². The van der Waals surface area contributed by atoms with E-state index in [1.54, 1.807) is 6.07 Å². The molecule has 0 aliphatic carbocycles. The van der Waals surface area contributed by atoms with E-state index in [0.717, 1.165) is 6.07 Å². The maximum Gasteiger partial charge on any atom is 0.244 e. The van der Waals surface area contributed by atoms with Crippen molar-refractivity contribution in [3.63, 3.8) is 0 Å². The molecule has 11 heteroatoms. The average Bonchev–Trinajstić information content (AvgIpc) is 3.27. The van der Waals surface area contributed by atoms with Crippen LogP contribution in [0.25, 0.3) is 11.0 Å². The second kappa shape index (κ2) is 9.88. The Balaban J connectivity index is 1.63. The summed E-state index contributed by atoms with van der Waals surface area (Å²) in [5.41, 5.74) is 5.33. The second-order valence-corrected chi connectivity index (χ2v) is 8.09. The Morgan fingerprint density at radius 2 is 1.94 bits per heavy atom. The Kier molecular flexibility index (Phi) is 6.90. The zero-order chi connectivity index (χ0) is 25.3. The predicted octanol–water partition coefficient (Wildman–Crippen LogP) is 3.06. The summed E-state index contributed by atoms with van der Waals surface area (Å²) < 4.78 is 50.7. The van der Waals surface area contributed by atoms with Crippen LogP contribution in [0.2, 0.25) is 0 Å². The van der Waals surface area contributed by atoms with E-state index in [1.807, 2.05) is 0 Å². The molecule has 1 unspecified atom stereocenters. The standard InChI is InChI=1S/C24H25F2N3O6/c1-11(24(27)31)13-4-5-34-10-14(13)29-19-7-12-6-17(35-18(12)9-28-19)23(30)20-21(25)15(32-2)8-16(33-3)22(20)26/h6-9,13-14,23,30H,1,4-5,10H2,2-3H3,(H2,27,31)(H,28,29)/t13-,14+,23?/m0/s1. The lowest BCUT2D eigenvalue weighted by Crippen LogP contribution is -2.41. The predicted molar refractivity (Wildman–Crippen MR) is 122 cm³/mol. The highest BCUT2D eigenvalue weighted by Crippen LogP contribution is 2.38. The molecule has 0 spiro atoms. The van der Waals surface area contributed by atoms with E-state index in [0.29, 0.717) is 42.0 Å². The molecule has 1 fully saturated rings. The summed E-state index contributed by atoms with van der Waals surface area (Å²) in [5.74, 6) is -3.18. The second-order valence-electron chi connectivity index (χ2n) is 8.09. The number of nitrogens with zero attached hydrogens (tertiary/aromatic N) is 1. The Labute approximate surface area is 199 Å². The van der Waals surface area contributed by atoms with Crippen LogP contribution in [0, 0.1) is 17.6 Å². The lowest BCUT2D eigenvalue weighted by Gasteiger charge is -2.32. The van der Waals surface area contributed by atoms with Crippen LogP contribution in [-0.4, -0.2) is 49.5 Å². The van der Waals surface area contributed by atoms with Gasteiger partial charge in [-0.3, -0.25) is 4.79 Å². The van der Waals surface area contributed by atoms with Crippen LogP contribution in [0.1, 0.15) is 23.8 Å². The third-order valence-electron chi connectivity index (χ3n) is 6.03. The summed E-state index contributed by atoms with van der Waals surface area (Å²) in [6, 6.07) is 3.86. The van der Waals surface area contributed by atoms with Gasteiger partial charge in [-0.2, -0.15) is 0 Å². The van der Waals surface area contributed by atoms with Crippen molar-refractivity contribution < 1.29 is 37.3 Å². The fraction of sp³-hybridized carbons (Fsp3) is 0.333. The molecule has 1 aliphatic rings. The molecule has 4 N–H and O–H groups in total. The van der Waals surface area contributed by atoms with E-state index in [1.165, 1.54) is 26.5 Å². The number of methoxy groups -OCH3 is 2. The highest BCUT2D eigenvalue weighted by atomic mass is 19.1. The average molecular weight is 489 g/mol. The van der Waals surface area contributed by atoms with E-state index in [4.69, 9.17) is 24.4 Å². The fourth-order valence-electron chi connectivity index (χ4n) is 4.14. The van der Waals surface area contributed by atoms with Crippen molar-refractivity contribution in [3.05, 3.63) is 59.5 Å². The van der Waals surface area contributed by atoms with Crippen molar-refractivity contribution in [2.24, 2.45) is 11.7 Å². The van der Waals surface area contributed by atoms with Crippen LogP contribution < -0.4 is 20.5 Å². The SMILES string of the molecule is C=C(C(N)=O)[C@@H]1CCOC[C@H]1Nc1cc2cc(C(O)c3c(F)c(OC)cc(OC)c3F)oc2cn1. The maximum atomic E-state index is 14.8. The number of furan rings is 1. The van der Waals surface area contributed by atoms with E-state index in [-0.39, 0.29) is 29.2 Å². The van der Waals surface area contributed by atoms with E-state index >= 15 is 0 Å². The largest absolute Gasteiger partial charge is 0.494 e. The molecule has 0 radical (unpaired) electrons. The van der Waals surface area contributed by atoms with Crippen LogP contribution in [0.3, 0.4) is 0 Å². The van der Waals surface area contributed by atoms with Gasteiger partial charge in [0.1, 0.15) is 17.7 Å². The van der Waals surface area contributed by atoms with Crippen molar-refractivity contribution in [1.29, 1.82) is 0 Å². The topological polar surface area (TPSA) is 129 Å². The van der Waals surface area contributed by atoms with Crippen LogP contribution >= 0.6 is 0 Å². The molecule has 1 aromatic carbocycles. The molecular weight excluding hydrogens is 464 g/mol. The first-order chi connectivity index (χ1) is 16.7. The highest BCUT2D eigenvalue weighted by Gasteiger charge is 2.31. The zero-order valence-corrected chi connectivity index (χ0v) is 19.1. The van der Waals surface area contributed by atoms with Crippen LogP contribution in [0.15, 0.2) is 41.0 Å². The molecule has 3 atom stereocenters. The van der Waals surface area contributed by atoms with Gasteiger partial charge in [0.2, 0.25) is 5.91 Å². The molecule has 0 saturated carbocycles. The maximum absolute atomic E-state index is 14.8. The molecular formula is C24H25F2N3O6. The van der Waals surface area contributed by atoms with Crippen LogP contribution in [0.5, 0.6) is 11.5 Å². The molecule has 2 aromatic heterocycles.